The molecule has 0 saturated heterocycles. The van der Waals surface area contributed by atoms with Gasteiger partial charge in [0.25, 0.3) is 0 Å². The molecule has 13 heavy (non-hydrogen) atoms. The zero-order chi connectivity index (χ0) is 9.73. The average molecular weight is 292 g/mol. The van der Waals surface area contributed by atoms with Crippen LogP contribution in [0.2, 0.25) is 0 Å². The summed E-state index contributed by atoms with van der Waals surface area (Å²) in [6.45, 7) is 4.63. The summed E-state index contributed by atoms with van der Waals surface area (Å²) in [6.07, 6.45) is 13.0. The molecule has 1 aliphatic carbocycles. The monoisotopic (exact) mass is 292 g/mol. The zero-order valence-electron chi connectivity index (χ0n) is 8.85. The fourth-order valence-corrected chi connectivity index (χ4v) is 3.38. The van der Waals surface area contributed by atoms with Crippen LogP contribution >= 0.6 is 22.6 Å². The predicted molar refractivity (Wildman–Crippen MR) is 68.4 cm³/mol. The Labute approximate surface area is 96.3 Å². The van der Waals surface area contributed by atoms with Crippen LogP contribution in [0.4, 0.5) is 0 Å². The van der Waals surface area contributed by atoms with Gasteiger partial charge >= 0.3 is 0 Å². The quantitative estimate of drug-likeness (QED) is 0.399. The lowest BCUT2D eigenvalue weighted by molar-refractivity contribution is 0.291. The van der Waals surface area contributed by atoms with Crippen molar-refractivity contribution in [3.05, 3.63) is 12.2 Å². The van der Waals surface area contributed by atoms with Crippen LogP contribution in [-0.4, -0.2) is 3.92 Å². The minimum atomic E-state index is 0.556. The summed E-state index contributed by atoms with van der Waals surface area (Å²) in [4.78, 5) is 0. The molecule has 0 N–H and O–H groups in total. The Morgan fingerprint density at radius 3 is 2.77 bits per heavy atom. The summed E-state index contributed by atoms with van der Waals surface area (Å²) in [5, 5.41) is 0. The molecule has 0 aromatic heterocycles. The molecule has 1 rings (SSSR count). The topological polar surface area (TPSA) is 0 Å². The summed E-state index contributed by atoms with van der Waals surface area (Å²) in [5.41, 5.74) is 0.556. The molecule has 0 radical (unpaired) electrons. The molecule has 0 bridgehead atoms. The van der Waals surface area contributed by atoms with Gasteiger partial charge in [-0.1, -0.05) is 61.4 Å². The Morgan fingerprint density at radius 2 is 2.23 bits per heavy atom. The van der Waals surface area contributed by atoms with Gasteiger partial charge in [-0.15, -0.1) is 0 Å². The normalized spacial score (nSPS) is 33.6. The maximum absolute atomic E-state index is 2.61. The largest absolute Gasteiger partial charge is 0.0869 e. The van der Waals surface area contributed by atoms with E-state index in [4.69, 9.17) is 0 Å². The molecule has 76 valence electrons. The van der Waals surface area contributed by atoms with Crippen LogP contribution in [0.25, 0.3) is 0 Å². The van der Waals surface area contributed by atoms with Crippen LogP contribution in [-0.2, 0) is 0 Å². The van der Waals surface area contributed by atoms with Crippen molar-refractivity contribution in [2.75, 3.05) is 0 Å². The van der Waals surface area contributed by atoms with E-state index >= 15 is 0 Å². The fourth-order valence-electron chi connectivity index (χ4n) is 2.21. The summed E-state index contributed by atoms with van der Waals surface area (Å²) in [5.74, 6) is 0. The Bertz CT molecular complexity index is 174. The lowest BCUT2D eigenvalue weighted by Gasteiger charge is -2.34. The average Bonchev–Trinajstić information content (AvgIpc) is 2.15. The maximum atomic E-state index is 2.61. The van der Waals surface area contributed by atoms with Gasteiger partial charge in [-0.05, 0) is 31.1 Å². The third-order valence-corrected chi connectivity index (χ3v) is 4.17. The van der Waals surface area contributed by atoms with Gasteiger partial charge in [0.1, 0.15) is 0 Å². The standard InChI is InChI=1S/C12H21I/c1-3-5-8-12(4-2)9-6-7-11(13)10-12/h6,9,11H,3-5,7-8,10H2,1-2H3/t11-,12+/m0/s1. The van der Waals surface area contributed by atoms with Gasteiger partial charge in [-0.3, -0.25) is 0 Å². The van der Waals surface area contributed by atoms with Crippen molar-refractivity contribution in [2.45, 2.75) is 56.3 Å². The molecule has 0 saturated carbocycles. The first-order valence-corrected chi connectivity index (χ1v) is 6.79. The van der Waals surface area contributed by atoms with Gasteiger partial charge in [0.05, 0.1) is 0 Å². The first-order chi connectivity index (χ1) is 6.22. The highest BCUT2D eigenvalue weighted by Gasteiger charge is 2.29. The summed E-state index contributed by atoms with van der Waals surface area (Å²) in [6, 6.07) is 0. The van der Waals surface area contributed by atoms with Crippen molar-refractivity contribution in [2.24, 2.45) is 5.41 Å². The highest BCUT2D eigenvalue weighted by molar-refractivity contribution is 14.1. The minimum Gasteiger partial charge on any atom is -0.0869 e. The fraction of sp³-hybridized carbons (Fsp3) is 0.833. The van der Waals surface area contributed by atoms with Crippen molar-refractivity contribution >= 4 is 22.6 Å². The van der Waals surface area contributed by atoms with Crippen LogP contribution in [0, 0.1) is 5.41 Å². The van der Waals surface area contributed by atoms with Gasteiger partial charge < -0.3 is 0 Å². The number of rotatable bonds is 4. The van der Waals surface area contributed by atoms with Crippen molar-refractivity contribution in [3.63, 3.8) is 0 Å². The van der Waals surface area contributed by atoms with E-state index in [1.165, 1.54) is 38.5 Å². The van der Waals surface area contributed by atoms with Crippen LogP contribution in [0.5, 0.6) is 0 Å². The zero-order valence-corrected chi connectivity index (χ0v) is 11.0. The lowest BCUT2D eigenvalue weighted by atomic mass is 9.73. The lowest BCUT2D eigenvalue weighted by Crippen LogP contribution is -2.24. The number of hydrogen-bond donors (Lipinski definition) is 0. The number of allylic oxidation sites excluding steroid dienone is 2. The Morgan fingerprint density at radius 1 is 1.46 bits per heavy atom. The van der Waals surface area contributed by atoms with Crippen LogP contribution in [0.3, 0.4) is 0 Å². The number of hydrogen-bond acceptors (Lipinski definition) is 0. The first kappa shape index (κ1) is 11.5. The molecule has 0 aromatic carbocycles. The van der Waals surface area contributed by atoms with Crippen LogP contribution < -0.4 is 0 Å². The third kappa shape index (κ3) is 3.26. The van der Waals surface area contributed by atoms with E-state index in [0.717, 1.165) is 3.92 Å². The van der Waals surface area contributed by atoms with E-state index in [1.54, 1.807) is 0 Å². The predicted octanol–water partition coefficient (Wildman–Crippen LogP) is 4.73. The second-order valence-corrected chi connectivity index (χ2v) is 6.02. The smallest absolute Gasteiger partial charge is 0.0152 e. The first-order valence-electron chi connectivity index (χ1n) is 5.54. The van der Waals surface area contributed by atoms with Gasteiger partial charge in [0, 0.05) is 3.92 Å². The van der Waals surface area contributed by atoms with Crippen LogP contribution in [0.1, 0.15) is 52.4 Å². The van der Waals surface area contributed by atoms with E-state index in [1.807, 2.05) is 0 Å². The van der Waals surface area contributed by atoms with Crippen molar-refractivity contribution in [3.8, 4) is 0 Å². The highest BCUT2D eigenvalue weighted by Crippen LogP contribution is 2.41. The molecule has 0 amide bonds. The minimum absolute atomic E-state index is 0.556. The molecule has 2 atom stereocenters. The molecule has 0 heterocycles. The molecule has 0 spiro atoms. The number of halogens is 1. The van der Waals surface area contributed by atoms with Crippen molar-refractivity contribution in [1.29, 1.82) is 0 Å². The third-order valence-electron chi connectivity index (χ3n) is 3.22. The Balaban J connectivity index is 2.57. The van der Waals surface area contributed by atoms with Gasteiger partial charge in [0.15, 0.2) is 0 Å². The van der Waals surface area contributed by atoms with Gasteiger partial charge in [0.2, 0.25) is 0 Å². The molecular weight excluding hydrogens is 271 g/mol. The van der Waals surface area contributed by atoms with E-state index in [0.29, 0.717) is 5.41 Å². The molecule has 1 heteroatoms. The maximum Gasteiger partial charge on any atom is 0.0152 e. The molecule has 1 aliphatic rings. The summed E-state index contributed by atoms with van der Waals surface area (Å²) < 4.78 is 0.874. The summed E-state index contributed by atoms with van der Waals surface area (Å²) >= 11 is 2.61. The van der Waals surface area contributed by atoms with Crippen molar-refractivity contribution in [1.82, 2.24) is 0 Å². The Hall–Kier alpha value is 0.470. The number of unbranched alkanes of at least 4 members (excludes halogenated alkanes) is 1. The molecular formula is C12H21I. The molecule has 0 fully saturated rings. The van der Waals surface area contributed by atoms with E-state index in [-0.39, 0.29) is 0 Å². The molecule has 0 nitrogen and oxygen atoms in total. The van der Waals surface area contributed by atoms with Gasteiger partial charge in [-0.2, -0.15) is 0 Å². The Kier molecular flexibility index (Phi) is 4.77. The van der Waals surface area contributed by atoms with E-state index in [9.17, 15) is 0 Å². The highest BCUT2D eigenvalue weighted by atomic mass is 127. The SMILES string of the molecule is CCCC[C@]1(CC)C=CC[C@H](I)C1. The molecule has 0 aliphatic heterocycles. The van der Waals surface area contributed by atoms with E-state index in [2.05, 4.69) is 48.6 Å². The summed E-state index contributed by atoms with van der Waals surface area (Å²) in [7, 11) is 0. The van der Waals surface area contributed by atoms with Gasteiger partial charge in [-0.25, -0.2) is 0 Å². The molecule has 0 aromatic rings. The van der Waals surface area contributed by atoms with Crippen LogP contribution in [0.15, 0.2) is 12.2 Å². The number of alkyl halides is 1. The van der Waals surface area contributed by atoms with Crippen molar-refractivity contribution < 1.29 is 0 Å². The molecule has 0 unspecified atom stereocenters. The second kappa shape index (κ2) is 5.38. The second-order valence-electron chi connectivity index (χ2n) is 4.26. The van der Waals surface area contributed by atoms with E-state index < -0.39 is 0 Å².